The lowest BCUT2D eigenvalue weighted by molar-refractivity contribution is 0.0920. The van der Waals surface area contributed by atoms with E-state index in [0.717, 1.165) is 12.8 Å². The number of Topliss-reactive ketones (excluding diaryl/α,β-unsaturated/α-hetero) is 1. The van der Waals surface area contributed by atoms with E-state index in [1.54, 1.807) is 6.92 Å². The normalized spacial score (nSPS) is 14.6. The van der Waals surface area contributed by atoms with Crippen LogP contribution < -0.4 is 11.1 Å². The lowest BCUT2D eigenvalue weighted by Gasteiger charge is -2.07. The Morgan fingerprint density at radius 1 is 1.47 bits per heavy atom. The van der Waals surface area contributed by atoms with Crippen molar-refractivity contribution in [3.05, 3.63) is 22.6 Å². The maximum Gasteiger partial charge on any atom is 0.287 e. The molecule has 1 aromatic rings. The van der Waals surface area contributed by atoms with Crippen molar-refractivity contribution >= 4 is 11.7 Å². The largest absolute Gasteiger partial charge is 0.455 e. The van der Waals surface area contributed by atoms with E-state index in [1.165, 1.54) is 0 Å². The summed E-state index contributed by atoms with van der Waals surface area (Å²) < 4.78 is 5.49. The zero-order valence-electron chi connectivity index (χ0n) is 9.84. The summed E-state index contributed by atoms with van der Waals surface area (Å²) in [7, 11) is 0. The van der Waals surface area contributed by atoms with Crippen molar-refractivity contribution < 1.29 is 14.0 Å². The summed E-state index contributed by atoms with van der Waals surface area (Å²) >= 11 is 0. The van der Waals surface area contributed by atoms with Gasteiger partial charge in [-0.15, -0.1) is 0 Å². The summed E-state index contributed by atoms with van der Waals surface area (Å²) in [6.07, 6.45) is 2.06. The number of nitrogens with two attached hydrogens (primary N) is 1. The molecule has 0 bridgehead atoms. The summed E-state index contributed by atoms with van der Waals surface area (Å²) in [5.74, 6) is 0.677. The third kappa shape index (κ3) is 2.10. The number of nitrogens with one attached hydrogen (secondary N) is 1. The van der Waals surface area contributed by atoms with E-state index in [9.17, 15) is 9.59 Å². The lowest BCUT2D eigenvalue weighted by Crippen LogP contribution is -2.29. The minimum Gasteiger partial charge on any atom is -0.455 e. The quantitative estimate of drug-likeness (QED) is 0.812. The van der Waals surface area contributed by atoms with Crippen LogP contribution in [0, 0.1) is 6.92 Å². The summed E-state index contributed by atoms with van der Waals surface area (Å²) in [6, 6.07) is 0. The van der Waals surface area contributed by atoms with E-state index in [1.807, 2.05) is 0 Å². The SMILES string of the molecule is Cc1c(C(=O)NCCN)oc2c1C(=O)CCC2. The second kappa shape index (κ2) is 4.71. The molecule has 0 unspecified atom stereocenters. The molecule has 3 N–H and O–H groups in total. The number of rotatable bonds is 3. The van der Waals surface area contributed by atoms with Crippen LogP contribution in [0.4, 0.5) is 0 Å². The molecule has 92 valence electrons. The number of amides is 1. The van der Waals surface area contributed by atoms with E-state index in [2.05, 4.69) is 5.32 Å². The van der Waals surface area contributed by atoms with Crippen molar-refractivity contribution in [2.75, 3.05) is 13.1 Å². The summed E-state index contributed by atoms with van der Waals surface area (Å²) in [5, 5.41) is 2.64. The number of carbonyl (C=O) groups excluding carboxylic acids is 2. The predicted molar refractivity (Wildman–Crippen MR) is 62.1 cm³/mol. The summed E-state index contributed by atoms with van der Waals surface area (Å²) in [6.45, 7) is 2.53. The molecule has 5 heteroatoms. The number of hydrogen-bond donors (Lipinski definition) is 2. The lowest BCUT2D eigenvalue weighted by atomic mass is 9.94. The summed E-state index contributed by atoms with van der Waals surface area (Å²) in [4.78, 5) is 23.5. The van der Waals surface area contributed by atoms with Gasteiger partial charge in [0.15, 0.2) is 11.5 Å². The molecule has 1 aromatic heterocycles. The van der Waals surface area contributed by atoms with Gasteiger partial charge in [-0.25, -0.2) is 0 Å². The molecule has 0 fully saturated rings. The van der Waals surface area contributed by atoms with Gasteiger partial charge in [-0.3, -0.25) is 9.59 Å². The highest BCUT2D eigenvalue weighted by Crippen LogP contribution is 2.29. The number of carbonyl (C=O) groups is 2. The van der Waals surface area contributed by atoms with E-state index in [0.29, 0.717) is 36.4 Å². The van der Waals surface area contributed by atoms with E-state index < -0.39 is 0 Å². The molecule has 1 amide bonds. The first-order valence-corrected chi connectivity index (χ1v) is 5.79. The molecule has 1 aliphatic rings. The molecule has 0 spiro atoms. The maximum atomic E-state index is 11.8. The van der Waals surface area contributed by atoms with Crippen LogP contribution in [0.5, 0.6) is 0 Å². The van der Waals surface area contributed by atoms with E-state index in [4.69, 9.17) is 10.2 Å². The summed E-state index contributed by atoms with van der Waals surface area (Å²) in [5.41, 5.74) is 6.57. The molecule has 0 atom stereocenters. The highest BCUT2D eigenvalue weighted by molar-refractivity contribution is 6.03. The first-order valence-electron chi connectivity index (χ1n) is 5.79. The van der Waals surface area contributed by atoms with Gasteiger partial charge in [0.25, 0.3) is 5.91 Å². The van der Waals surface area contributed by atoms with Crippen LogP contribution in [0.15, 0.2) is 4.42 Å². The van der Waals surface area contributed by atoms with E-state index >= 15 is 0 Å². The number of furan rings is 1. The van der Waals surface area contributed by atoms with Crippen molar-refractivity contribution in [1.82, 2.24) is 5.32 Å². The standard InChI is InChI=1S/C12H16N2O3/c1-7-10-8(15)3-2-4-9(10)17-11(7)12(16)14-6-5-13/h2-6,13H2,1H3,(H,14,16). The van der Waals surface area contributed by atoms with Crippen molar-refractivity contribution in [3.8, 4) is 0 Å². The highest BCUT2D eigenvalue weighted by atomic mass is 16.4. The van der Waals surface area contributed by atoms with Gasteiger partial charge in [0.05, 0.1) is 5.56 Å². The second-order valence-electron chi connectivity index (χ2n) is 4.18. The van der Waals surface area contributed by atoms with Gasteiger partial charge in [0.2, 0.25) is 0 Å². The van der Waals surface area contributed by atoms with Crippen molar-refractivity contribution in [2.24, 2.45) is 5.73 Å². The first-order chi connectivity index (χ1) is 8.15. The molecule has 0 saturated carbocycles. The van der Waals surface area contributed by atoms with Gasteiger partial charge in [-0.05, 0) is 13.3 Å². The number of ketones is 1. The zero-order valence-corrected chi connectivity index (χ0v) is 9.84. The fourth-order valence-electron chi connectivity index (χ4n) is 2.13. The van der Waals surface area contributed by atoms with E-state index in [-0.39, 0.29) is 17.5 Å². The van der Waals surface area contributed by atoms with Gasteiger partial charge in [0.1, 0.15) is 5.76 Å². The Bertz CT molecular complexity index is 463. The third-order valence-electron chi connectivity index (χ3n) is 2.94. The molecular weight excluding hydrogens is 220 g/mol. The Morgan fingerprint density at radius 3 is 2.88 bits per heavy atom. The maximum absolute atomic E-state index is 11.8. The smallest absolute Gasteiger partial charge is 0.287 e. The predicted octanol–water partition coefficient (Wildman–Crippen LogP) is 0.796. The molecule has 2 rings (SSSR count). The van der Waals surface area contributed by atoms with Crippen LogP contribution in [0.3, 0.4) is 0 Å². The molecule has 5 nitrogen and oxygen atoms in total. The molecule has 0 aliphatic heterocycles. The van der Waals surface area contributed by atoms with Crippen LogP contribution in [-0.2, 0) is 6.42 Å². The Morgan fingerprint density at radius 2 is 2.24 bits per heavy atom. The minimum absolute atomic E-state index is 0.0744. The van der Waals surface area contributed by atoms with Gasteiger partial charge in [-0.2, -0.15) is 0 Å². The molecule has 0 aromatic carbocycles. The average molecular weight is 236 g/mol. The van der Waals surface area contributed by atoms with Crippen LogP contribution >= 0.6 is 0 Å². The Hall–Kier alpha value is -1.62. The van der Waals surface area contributed by atoms with Gasteiger partial charge < -0.3 is 15.5 Å². The molecule has 1 heterocycles. The second-order valence-corrected chi connectivity index (χ2v) is 4.18. The van der Waals surface area contributed by atoms with Crippen LogP contribution in [0.25, 0.3) is 0 Å². The Kier molecular flexibility index (Phi) is 3.28. The highest BCUT2D eigenvalue weighted by Gasteiger charge is 2.28. The fraction of sp³-hybridized carbons (Fsp3) is 0.500. The molecule has 0 radical (unpaired) electrons. The number of fused-ring (bicyclic) bond motifs is 1. The van der Waals surface area contributed by atoms with Crippen LogP contribution in [0.2, 0.25) is 0 Å². The third-order valence-corrected chi connectivity index (χ3v) is 2.94. The minimum atomic E-state index is -0.296. The van der Waals surface area contributed by atoms with Crippen molar-refractivity contribution in [1.29, 1.82) is 0 Å². The fourth-order valence-corrected chi connectivity index (χ4v) is 2.13. The molecule has 1 aliphatic carbocycles. The zero-order chi connectivity index (χ0) is 12.4. The van der Waals surface area contributed by atoms with Gasteiger partial charge in [0, 0.05) is 31.5 Å². The molecular formula is C12H16N2O3. The van der Waals surface area contributed by atoms with Crippen molar-refractivity contribution in [2.45, 2.75) is 26.2 Å². The average Bonchev–Trinajstić information content (AvgIpc) is 2.65. The van der Waals surface area contributed by atoms with Crippen LogP contribution in [0.1, 0.15) is 45.1 Å². The van der Waals surface area contributed by atoms with Gasteiger partial charge >= 0.3 is 0 Å². The molecule has 0 saturated heterocycles. The van der Waals surface area contributed by atoms with Gasteiger partial charge in [-0.1, -0.05) is 0 Å². The monoisotopic (exact) mass is 236 g/mol. The first kappa shape index (κ1) is 11.9. The van der Waals surface area contributed by atoms with Crippen molar-refractivity contribution in [3.63, 3.8) is 0 Å². The Balaban J connectivity index is 2.31. The Labute approximate surface area is 99.4 Å². The molecule has 17 heavy (non-hydrogen) atoms. The topological polar surface area (TPSA) is 85.3 Å². The van der Waals surface area contributed by atoms with Crippen LogP contribution in [-0.4, -0.2) is 24.8 Å². The number of aryl methyl sites for hydroxylation is 1. The number of hydrogen-bond acceptors (Lipinski definition) is 4.